The Hall–Kier alpha value is -2.39. The summed E-state index contributed by atoms with van der Waals surface area (Å²) in [6.45, 7) is 1.55. The average molecular weight is 411 g/mol. The predicted octanol–water partition coefficient (Wildman–Crippen LogP) is 1.68. The van der Waals surface area contributed by atoms with Crippen molar-refractivity contribution >= 4 is 31.5 Å². The van der Waals surface area contributed by atoms with Gasteiger partial charge in [-0.15, -0.1) is 0 Å². The second kappa shape index (κ2) is 8.53. The first-order valence-electron chi connectivity index (χ1n) is 8.30. The summed E-state index contributed by atoms with van der Waals surface area (Å²) in [6.07, 6.45) is 0. The summed E-state index contributed by atoms with van der Waals surface area (Å²) < 4.78 is 49.4. The minimum absolute atomic E-state index is 0.00576. The van der Waals surface area contributed by atoms with E-state index < -0.39 is 25.8 Å². The molecule has 0 bridgehead atoms. The van der Waals surface area contributed by atoms with E-state index in [0.29, 0.717) is 5.69 Å². The summed E-state index contributed by atoms with van der Waals surface area (Å²) in [4.78, 5) is 12.1. The molecule has 2 aromatic carbocycles. The van der Waals surface area contributed by atoms with Crippen molar-refractivity contribution in [3.8, 4) is 0 Å². The maximum Gasteiger partial charge on any atom is 0.264 e. The Kier molecular flexibility index (Phi) is 6.61. The normalized spacial score (nSPS) is 11.8. The maximum atomic E-state index is 12.7. The zero-order valence-corrected chi connectivity index (χ0v) is 16.8. The molecule has 27 heavy (non-hydrogen) atoms. The van der Waals surface area contributed by atoms with Gasteiger partial charge in [0.05, 0.1) is 16.3 Å². The van der Waals surface area contributed by atoms with E-state index in [1.54, 1.807) is 37.3 Å². The Morgan fingerprint density at radius 3 is 2.11 bits per heavy atom. The summed E-state index contributed by atoms with van der Waals surface area (Å²) in [5.41, 5.74) is 0.779. The fourth-order valence-corrected chi connectivity index (χ4v) is 4.18. The third kappa shape index (κ3) is 5.30. The minimum Gasteiger partial charge on any atom is -0.351 e. The monoisotopic (exact) mass is 410 g/mol. The highest BCUT2D eigenvalue weighted by Gasteiger charge is 2.21. The molecule has 0 unspecified atom stereocenters. The standard InChI is InChI=1S/C18H22N2O5S2/c1-3-26(22,23)14-13-19-18(21)15-9-11-17(12-10-15)27(24,25)20(2)16-7-5-4-6-8-16/h4-12H,3,13-14H2,1-2H3,(H,19,21). The van der Waals surface area contributed by atoms with Gasteiger partial charge in [-0.2, -0.15) is 0 Å². The van der Waals surface area contributed by atoms with E-state index in [0.717, 1.165) is 4.31 Å². The molecule has 0 spiro atoms. The van der Waals surface area contributed by atoms with Crippen LogP contribution < -0.4 is 9.62 Å². The van der Waals surface area contributed by atoms with Crippen LogP contribution in [0.1, 0.15) is 17.3 Å². The van der Waals surface area contributed by atoms with Gasteiger partial charge in [-0.25, -0.2) is 16.8 Å². The summed E-state index contributed by atoms with van der Waals surface area (Å²) in [5.74, 6) is -0.574. The molecule has 0 saturated carbocycles. The lowest BCUT2D eigenvalue weighted by atomic mass is 10.2. The molecule has 0 fully saturated rings. The number of benzene rings is 2. The van der Waals surface area contributed by atoms with Crippen LogP contribution in [0.4, 0.5) is 5.69 Å². The van der Waals surface area contributed by atoms with Crippen LogP contribution in [0.5, 0.6) is 0 Å². The van der Waals surface area contributed by atoms with Crippen LogP contribution in [0.3, 0.4) is 0 Å². The van der Waals surface area contributed by atoms with Gasteiger partial charge < -0.3 is 5.32 Å². The lowest BCUT2D eigenvalue weighted by Gasteiger charge is -2.19. The molecule has 146 valence electrons. The number of carbonyl (C=O) groups is 1. The first-order valence-corrected chi connectivity index (χ1v) is 11.6. The van der Waals surface area contributed by atoms with Crippen LogP contribution in [0.25, 0.3) is 0 Å². The topological polar surface area (TPSA) is 101 Å². The molecular formula is C18H22N2O5S2. The van der Waals surface area contributed by atoms with Crippen molar-refractivity contribution < 1.29 is 21.6 Å². The van der Waals surface area contributed by atoms with Gasteiger partial charge in [0.2, 0.25) is 0 Å². The molecule has 0 saturated heterocycles. The molecule has 1 N–H and O–H groups in total. The Morgan fingerprint density at radius 1 is 0.963 bits per heavy atom. The quantitative estimate of drug-likeness (QED) is 0.714. The van der Waals surface area contributed by atoms with Gasteiger partial charge >= 0.3 is 0 Å². The Morgan fingerprint density at radius 2 is 1.56 bits per heavy atom. The van der Waals surface area contributed by atoms with Crippen LogP contribution in [0.2, 0.25) is 0 Å². The highest BCUT2D eigenvalue weighted by Crippen LogP contribution is 2.21. The highest BCUT2D eigenvalue weighted by atomic mass is 32.2. The molecule has 9 heteroatoms. The van der Waals surface area contributed by atoms with Crippen molar-refractivity contribution in [3.63, 3.8) is 0 Å². The molecule has 0 aliphatic heterocycles. The van der Waals surface area contributed by atoms with E-state index >= 15 is 0 Å². The largest absolute Gasteiger partial charge is 0.351 e. The molecule has 2 rings (SSSR count). The highest BCUT2D eigenvalue weighted by molar-refractivity contribution is 7.92. The average Bonchev–Trinajstić information content (AvgIpc) is 2.68. The Labute approximate surface area is 160 Å². The summed E-state index contributed by atoms with van der Waals surface area (Å²) >= 11 is 0. The van der Waals surface area contributed by atoms with Gasteiger partial charge in [-0.05, 0) is 36.4 Å². The van der Waals surface area contributed by atoms with Crippen LogP contribution in [0, 0.1) is 0 Å². The number of hydrogen-bond acceptors (Lipinski definition) is 5. The van der Waals surface area contributed by atoms with E-state index in [2.05, 4.69) is 5.32 Å². The van der Waals surface area contributed by atoms with Gasteiger partial charge in [0.15, 0.2) is 9.84 Å². The fraction of sp³-hybridized carbons (Fsp3) is 0.278. The number of sulfone groups is 1. The van der Waals surface area contributed by atoms with Crippen molar-refractivity contribution in [3.05, 3.63) is 60.2 Å². The van der Waals surface area contributed by atoms with Gasteiger partial charge in [-0.3, -0.25) is 9.10 Å². The first-order chi connectivity index (χ1) is 12.7. The number of rotatable bonds is 8. The second-order valence-electron chi connectivity index (χ2n) is 5.82. The lowest BCUT2D eigenvalue weighted by Crippen LogP contribution is -2.30. The molecular weight excluding hydrogens is 388 g/mol. The molecule has 2 aromatic rings. The van der Waals surface area contributed by atoms with Gasteiger partial charge in [0, 0.05) is 24.9 Å². The van der Waals surface area contributed by atoms with Crippen LogP contribution in [-0.2, 0) is 19.9 Å². The lowest BCUT2D eigenvalue weighted by molar-refractivity contribution is 0.0956. The summed E-state index contributed by atoms with van der Waals surface area (Å²) in [6, 6.07) is 14.2. The molecule has 0 aromatic heterocycles. The number of para-hydroxylation sites is 1. The number of amides is 1. The number of anilines is 1. The van der Waals surface area contributed by atoms with Gasteiger partial charge in [-0.1, -0.05) is 25.1 Å². The summed E-state index contributed by atoms with van der Waals surface area (Å²) in [5, 5.41) is 2.52. The van der Waals surface area contributed by atoms with Crippen molar-refractivity contribution in [1.82, 2.24) is 5.32 Å². The molecule has 7 nitrogen and oxygen atoms in total. The predicted molar refractivity (Wildman–Crippen MR) is 105 cm³/mol. The van der Waals surface area contributed by atoms with Gasteiger partial charge in [0.25, 0.3) is 15.9 Å². The van der Waals surface area contributed by atoms with E-state index in [1.165, 1.54) is 31.3 Å². The van der Waals surface area contributed by atoms with Crippen molar-refractivity contribution in [2.45, 2.75) is 11.8 Å². The van der Waals surface area contributed by atoms with Gasteiger partial charge in [0.1, 0.15) is 0 Å². The van der Waals surface area contributed by atoms with Crippen molar-refractivity contribution in [2.75, 3.05) is 29.4 Å². The SMILES string of the molecule is CCS(=O)(=O)CCNC(=O)c1ccc(S(=O)(=O)N(C)c2ccccc2)cc1. The Bertz CT molecular complexity index is 986. The van der Waals surface area contributed by atoms with E-state index in [1.807, 2.05) is 0 Å². The van der Waals surface area contributed by atoms with Crippen LogP contribution >= 0.6 is 0 Å². The number of nitrogens with one attached hydrogen (secondary N) is 1. The van der Waals surface area contributed by atoms with E-state index in [4.69, 9.17) is 0 Å². The molecule has 0 heterocycles. The first kappa shape index (κ1) is 20.9. The second-order valence-corrected chi connectivity index (χ2v) is 10.3. The smallest absolute Gasteiger partial charge is 0.264 e. The molecule has 1 amide bonds. The zero-order valence-electron chi connectivity index (χ0n) is 15.1. The minimum atomic E-state index is -3.75. The number of carbonyl (C=O) groups excluding carboxylic acids is 1. The van der Waals surface area contributed by atoms with Crippen molar-refractivity contribution in [1.29, 1.82) is 0 Å². The third-order valence-electron chi connectivity index (χ3n) is 4.03. The molecule has 0 aliphatic carbocycles. The van der Waals surface area contributed by atoms with E-state index in [-0.39, 0.29) is 28.5 Å². The van der Waals surface area contributed by atoms with E-state index in [9.17, 15) is 21.6 Å². The number of sulfonamides is 1. The van der Waals surface area contributed by atoms with Crippen LogP contribution in [0.15, 0.2) is 59.5 Å². The van der Waals surface area contributed by atoms with Crippen molar-refractivity contribution in [2.24, 2.45) is 0 Å². The molecule has 0 radical (unpaired) electrons. The van der Waals surface area contributed by atoms with Crippen LogP contribution in [-0.4, -0.2) is 47.8 Å². The number of nitrogens with zero attached hydrogens (tertiary/aromatic N) is 1. The zero-order chi connectivity index (χ0) is 20.1. The number of hydrogen-bond donors (Lipinski definition) is 1. The molecule has 0 atom stereocenters. The fourth-order valence-electron chi connectivity index (χ4n) is 2.28. The Balaban J connectivity index is 2.09. The third-order valence-corrected chi connectivity index (χ3v) is 7.54. The maximum absolute atomic E-state index is 12.7. The molecule has 0 aliphatic rings. The summed E-state index contributed by atoms with van der Waals surface area (Å²) in [7, 11) is -5.45.